The molecule has 0 bridgehead atoms. The van der Waals surface area contributed by atoms with Gasteiger partial charge in [-0.2, -0.15) is 0 Å². The van der Waals surface area contributed by atoms with Crippen LogP contribution in [-0.2, 0) is 12.0 Å². The number of aryl methyl sites for hydroxylation is 2. The Hall–Kier alpha value is -3.61. The van der Waals surface area contributed by atoms with E-state index in [9.17, 15) is 9.59 Å². The Balaban J connectivity index is 1.52. The molecule has 7 heteroatoms. The molecule has 1 aliphatic heterocycles. The van der Waals surface area contributed by atoms with E-state index in [1.54, 1.807) is 19.4 Å². The van der Waals surface area contributed by atoms with Gasteiger partial charge in [0.25, 0.3) is 11.5 Å². The number of H-pyrrole nitrogens is 1. The van der Waals surface area contributed by atoms with Crippen LogP contribution in [0.25, 0.3) is 11.1 Å². The monoisotopic (exact) mass is 459 g/mol. The van der Waals surface area contributed by atoms with Crippen molar-refractivity contribution in [2.75, 3.05) is 13.7 Å². The average Bonchev–Trinajstić information content (AvgIpc) is 3.45. The SMILES string of the molecule is COc1ccc(-c2cc(C(=O)NCc3c(C)cc(C)[nH]c3=O)cc3c2OCC32CCCC2)cn1. The predicted molar refractivity (Wildman–Crippen MR) is 130 cm³/mol. The number of carbonyl (C=O) groups is 1. The Morgan fingerprint density at radius 1 is 1.21 bits per heavy atom. The molecule has 176 valence electrons. The van der Waals surface area contributed by atoms with Crippen LogP contribution in [0, 0.1) is 13.8 Å². The first-order valence-corrected chi connectivity index (χ1v) is 11.7. The number of methoxy groups -OCH3 is 1. The molecule has 1 fully saturated rings. The first-order valence-electron chi connectivity index (χ1n) is 11.7. The number of amides is 1. The molecule has 3 aromatic rings. The van der Waals surface area contributed by atoms with Gasteiger partial charge in [-0.3, -0.25) is 9.59 Å². The second-order valence-electron chi connectivity index (χ2n) is 9.39. The number of nitrogens with zero attached hydrogens (tertiary/aromatic N) is 1. The number of aromatic nitrogens is 2. The fraction of sp³-hybridized carbons (Fsp3) is 0.370. The van der Waals surface area contributed by atoms with E-state index in [-0.39, 0.29) is 23.4 Å². The highest BCUT2D eigenvalue weighted by atomic mass is 16.5. The molecule has 7 nitrogen and oxygen atoms in total. The van der Waals surface area contributed by atoms with Crippen molar-refractivity contribution in [3.8, 4) is 22.8 Å². The highest BCUT2D eigenvalue weighted by Crippen LogP contribution is 2.52. The summed E-state index contributed by atoms with van der Waals surface area (Å²) in [7, 11) is 1.58. The van der Waals surface area contributed by atoms with Crippen molar-refractivity contribution in [3.05, 3.63) is 74.8 Å². The van der Waals surface area contributed by atoms with Crippen LogP contribution in [0.5, 0.6) is 11.6 Å². The van der Waals surface area contributed by atoms with Crippen molar-refractivity contribution in [3.63, 3.8) is 0 Å². The summed E-state index contributed by atoms with van der Waals surface area (Å²) in [6.45, 7) is 4.53. The zero-order valence-electron chi connectivity index (χ0n) is 19.8. The lowest BCUT2D eigenvalue weighted by Gasteiger charge is -2.22. The van der Waals surface area contributed by atoms with E-state index in [1.807, 2.05) is 38.1 Å². The summed E-state index contributed by atoms with van der Waals surface area (Å²) in [5, 5.41) is 2.95. The lowest BCUT2D eigenvalue weighted by molar-refractivity contribution is 0.0950. The third-order valence-corrected chi connectivity index (χ3v) is 7.15. The quantitative estimate of drug-likeness (QED) is 0.597. The van der Waals surface area contributed by atoms with Gasteiger partial charge in [-0.15, -0.1) is 0 Å². The van der Waals surface area contributed by atoms with E-state index in [1.165, 1.54) is 0 Å². The van der Waals surface area contributed by atoms with Gasteiger partial charge in [-0.05, 0) is 56.5 Å². The minimum Gasteiger partial charge on any atom is -0.492 e. The molecule has 0 saturated heterocycles. The summed E-state index contributed by atoms with van der Waals surface area (Å²) in [6.07, 6.45) is 6.18. The van der Waals surface area contributed by atoms with Crippen LogP contribution >= 0.6 is 0 Å². The molecule has 2 aliphatic rings. The van der Waals surface area contributed by atoms with Gasteiger partial charge in [0.05, 0.1) is 13.7 Å². The molecule has 0 atom stereocenters. The maximum absolute atomic E-state index is 13.3. The van der Waals surface area contributed by atoms with Gasteiger partial charge < -0.3 is 19.8 Å². The summed E-state index contributed by atoms with van der Waals surface area (Å²) < 4.78 is 11.5. The van der Waals surface area contributed by atoms with Crippen LogP contribution in [0.15, 0.2) is 41.3 Å². The summed E-state index contributed by atoms with van der Waals surface area (Å²) in [4.78, 5) is 32.8. The van der Waals surface area contributed by atoms with E-state index >= 15 is 0 Å². The number of carbonyl (C=O) groups excluding carboxylic acids is 1. The van der Waals surface area contributed by atoms with Crippen LogP contribution < -0.4 is 20.3 Å². The Morgan fingerprint density at radius 2 is 2.00 bits per heavy atom. The third-order valence-electron chi connectivity index (χ3n) is 7.15. The maximum atomic E-state index is 13.3. The molecule has 1 aliphatic carbocycles. The number of pyridine rings is 2. The zero-order chi connectivity index (χ0) is 23.9. The number of hydrogen-bond donors (Lipinski definition) is 2. The van der Waals surface area contributed by atoms with Crippen molar-refractivity contribution in [2.45, 2.75) is 51.5 Å². The molecule has 1 aromatic carbocycles. The van der Waals surface area contributed by atoms with E-state index in [0.717, 1.165) is 59.4 Å². The molecule has 5 rings (SSSR count). The van der Waals surface area contributed by atoms with Crippen LogP contribution in [-0.4, -0.2) is 29.6 Å². The van der Waals surface area contributed by atoms with Gasteiger partial charge in [0, 0.05) is 57.7 Å². The number of hydrogen-bond acceptors (Lipinski definition) is 5. The summed E-state index contributed by atoms with van der Waals surface area (Å²) >= 11 is 0. The third kappa shape index (κ3) is 3.85. The van der Waals surface area contributed by atoms with E-state index in [2.05, 4.69) is 15.3 Å². The normalized spacial score (nSPS) is 15.7. The van der Waals surface area contributed by atoms with Gasteiger partial charge in [0.15, 0.2) is 0 Å². The molecular formula is C27H29N3O4. The number of rotatable bonds is 5. The zero-order valence-corrected chi connectivity index (χ0v) is 19.8. The van der Waals surface area contributed by atoms with Crippen molar-refractivity contribution < 1.29 is 14.3 Å². The standard InChI is InChI=1S/C27H29N3O4/c1-16-10-17(2)30-26(32)21(16)14-29-25(31)19-11-20(18-6-7-23(33-3)28-13-18)24-22(12-19)27(15-34-24)8-4-5-9-27/h6-7,10-13H,4-5,8-9,14-15H2,1-3H3,(H,29,31)(H,30,32). The second kappa shape index (κ2) is 8.63. The molecule has 0 unspecified atom stereocenters. The Kier molecular flexibility index (Phi) is 5.63. The number of nitrogens with one attached hydrogen (secondary N) is 2. The van der Waals surface area contributed by atoms with Crippen molar-refractivity contribution in [2.24, 2.45) is 0 Å². The maximum Gasteiger partial charge on any atom is 0.253 e. The molecule has 1 spiro atoms. The molecule has 2 aromatic heterocycles. The molecular weight excluding hydrogens is 430 g/mol. The Labute approximate surface area is 198 Å². The molecule has 1 amide bonds. The predicted octanol–water partition coefficient (Wildman–Crippen LogP) is 4.20. The number of ether oxygens (including phenoxy) is 2. The van der Waals surface area contributed by atoms with Crippen molar-refractivity contribution in [1.29, 1.82) is 0 Å². The molecule has 3 heterocycles. The van der Waals surface area contributed by atoms with Gasteiger partial charge in [0.2, 0.25) is 5.88 Å². The lowest BCUT2D eigenvalue weighted by atomic mass is 9.79. The van der Waals surface area contributed by atoms with E-state index in [4.69, 9.17) is 9.47 Å². The van der Waals surface area contributed by atoms with E-state index in [0.29, 0.717) is 23.6 Å². The largest absolute Gasteiger partial charge is 0.492 e. The number of benzene rings is 1. The minimum atomic E-state index is -0.218. The minimum absolute atomic E-state index is 0.0367. The first kappa shape index (κ1) is 22.2. The fourth-order valence-electron chi connectivity index (χ4n) is 5.31. The van der Waals surface area contributed by atoms with Crippen LogP contribution in [0.4, 0.5) is 0 Å². The number of fused-ring (bicyclic) bond motifs is 2. The summed E-state index contributed by atoms with van der Waals surface area (Å²) in [6, 6.07) is 9.49. The molecule has 34 heavy (non-hydrogen) atoms. The Bertz CT molecular complexity index is 1300. The highest BCUT2D eigenvalue weighted by Gasteiger charge is 2.44. The fourth-order valence-corrected chi connectivity index (χ4v) is 5.31. The smallest absolute Gasteiger partial charge is 0.253 e. The average molecular weight is 460 g/mol. The first-order chi connectivity index (χ1) is 16.4. The van der Waals surface area contributed by atoms with Crippen molar-refractivity contribution >= 4 is 5.91 Å². The highest BCUT2D eigenvalue weighted by molar-refractivity contribution is 5.97. The van der Waals surface area contributed by atoms with Gasteiger partial charge in [-0.1, -0.05) is 12.8 Å². The second-order valence-corrected chi connectivity index (χ2v) is 9.39. The van der Waals surface area contributed by atoms with Crippen LogP contribution in [0.3, 0.4) is 0 Å². The van der Waals surface area contributed by atoms with Crippen molar-refractivity contribution in [1.82, 2.24) is 15.3 Å². The lowest BCUT2D eigenvalue weighted by Crippen LogP contribution is -2.28. The molecule has 0 radical (unpaired) electrons. The van der Waals surface area contributed by atoms with E-state index < -0.39 is 0 Å². The topological polar surface area (TPSA) is 93.3 Å². The van der Waals surface area contributed by atoms with Gasteiger partial charge in [-0.25, -0.2) is 4.98 Å². The van der Waals surface area contributed by atoms with Crippen LogP contribution in [0.2, 0.25) is 0 Å². The number of aromatic amines is 1. The summed E-state index contributed by atoms with van der Waals surface area (Å²) in [5.41, 5.74) is 5.40. The van der Waals surface area contributed by atoms with Gasteiger partial charge >= 0.3 is 0 Å². The van der Waals surface area contributed by atoms with Gasteiger partial charge in [0.1, 0.15) is 5.75 Å². The Morgan fingerprint density at radius 3 is 2.68 bits per heavy atom. The molecule has 2 N–H and O–H groups in total. The van der Waals surface area contributed by atoms with Crippen LogP contribution in [0.1, 0.15) is 58.4 Å². The molecule has 1 saturated carbocycles. The summed E-state index contributed by atoms with van der Waals surface area (Å²) in [5.74, 6) is 1.15.